The average molecular weight is 281 g/mol. The number of hydrogen-bond donors (Lipinski definition) is 1. The highest BCUT2D eigenvalue weighted by molar-refractivity contribution is 5.77. The standard InChI is InChI=1S/C15H23NO4/c1-4-5-6-10-16-14(17)11-20-13-9-7-8-12(18-2)15(13)19-3/h7-9H,4-6,10-11H2,1-3H3,(H,16,17). The number of benzene rings is 1. The molecule has 1 N–H and O–H groups in total. The first kappa shape index (κ1) is 16.1. The van der Waals surface area contributed by atoms with Crippen LogP contribution in [-0.2, 0) is 4.79 Å². The Labute approximate surface area is 120 Å². The van der Waals surface area contributed by atoms with Crippen molar-refractivity contribution < 1.29 is 19.0 Å². The Balaban J connectivity index is 2.47. The lowest BCUT2D eigenvalue weighted by atomic mass is 10.2. The fourth-order valence-corrected chi connectivity index (χ4v) is 1.77. The topological polar surface area (TPSA) is 56.8 Å². The van der Waals surface area contributed by atoms with Crippen molar-refractivity contribution in [2.45, 2.75) is 26.2 Å². The number of ether oxygens (including phenoxy) is 3. The van der Waals surface area contributed by atoms with E-state index in [0.29, 0.717) is 23.8 Å². The summed E-state index contributed by atoms with van der Waals surface area (Å²) in [6.07, 6.45) is 3.24. The molecule has 0 saturated heterocycles. The van der Waals surface area contributed by atoms with Gasteiger partial charge in [0.05, 0.1) is 14.2 Å². The molecule has 20 heavy (non-hydrogen) atoms. The summed E-state index contributed by atoms with van der Waals surface area (Å²) >= 11 is 0. The van der Waals surface area contributed by atoms with E-state index in [-0.39, 0.29) is 12.5 Å². The van der Waals surface area contributed by atoms with Crippen LogP contribution in [0, 0.1) is 0 Å². The molecule has 0 aliphatic carbocycles. The van der Waals surface area contributed by atoms with Crippen LogP contribution in [0.2, 0.25) is 0 Å². The number of methoxy groups -OCH3 is 2. The number of carbonyl (C=O) groups excluding carboxylic acids is 1. The maximum absolute atomic E-state index is 11.6. The number of unbranched alkanes of at least 4 members (excludes halogenated alkanes) is 2. The second kappa shape index (κ2) is 9.07. The van der Waals surface area contributed by atoms with Crippen LogP contribution in [0.15, 0.2) is 18.2 Å². The minimum Gasteiger partial charge on any atom is -0.493 e. The van der Waals surface area contributed by atoms with E-state index in [4.69, 9.17) is 14.2 Å². The summed E-state index contributed by atoms with van der Waals surface area (Å²) < 4.78 is 15.9. The number of carbonyl (C=O) groups is 1. The molecule has 0 atom stereocenters. The molecular weight excluding hydrogens is 258 g/mol. The molecule has 0 fully saturated rings. The first-order valence-corrected chi connectivity index (χ1v) is 6.83. The third kappa shape index (κ3) is 4.99. The van der Waals surface area contributed by atoms with Crippen molar-refractivity contribution in [3.63, 3.8) is 0 Å². The lowest BCUT2D eigenvalue weighted by Gasteiger charge is -2.13. The van der Waals surface area contributed by atoms with E-state index in [1.807, 2.05) is 0 Å². The van der Waals surface area contributed by atoms with Gasteiger partial charge in [-0.15, -0.1) is 0 Å². The van der Waals surface area contributed by atoms with Crippen LogP contribution in [0.4, 0.5) is 0 Å². The lowest BCUT2D eigenvalue weighted by Crippen LogP contribution is -2.29. The van der Waals surface area contributed by atoms with Crippen molar-refractivity contribution in [1.82, 2.24) is 5.32 Å². The monoisotopic (exact) mass is 281 g/mol. The van der Waals surface area contributed by atoms with Gasteiger partial charge in [0.15, 0.2) is 18.1 Å². The van der Waals surface area contributed by atoms with Crippen LogP contribution in [0.25, 0.3) is 0 Å². The summed E-state index contributed by atoms with van der Waals surface area (Å²) in [6.45, 7) is 2.78. The van der Waals surface area contributed by atoms with Gasteiger partial charge in [-0.25, -0.2) is 0 Å². The predicted molar refractivity (Wildman–Crippen MR) is 77.6 cm³/mol. The molecule has 1 aromatic rings. The summed E-state index contributed by atoms with van der Waals surface area (Å²) in [5.74, 6) is 1.43. The molecule has 5 heteroatoms. The van der Waals surface area contributed by atoms with Crippen LogP contribution in [0.5, 0.6) is 17.2 Å². The first-order chi connectivity index (χ1) is 9.72. The molecule has 0 radical (unpaired) electrons. The van der Waals surface area contributed by atoms with Gasteiger partial charge in [-0.3, -0.25) is 4.79 Å². The van der Waals surface area contributed by atoms with Gasteiger partial charge < -0.3 is 19.5 Å². The summed E-state index contributed by atoms with van der Waals surface area (Å²) in [5, 5.41) is 2.82. The fourth-order valence-electron chi connectivity index (χ4n) is 1.77. The number of hydrogen-bond acceptors (Lipinski definition) is 4. The van der Waals surface area contributed by atoms with Gasteiger partial charge in [0.1, 0.15) is 0 Å². The maximum Gasteiger partial charge on any atom is 0.257 e. The van der Waals surface area contributed by atoms with Gasteiger partial charge in [0.25, 0.3) is 5.91 Å². The normalized spacial score (nSPS) is 9.95. The zero-order valence-electron chi connectivity index (χ0n) is 12.4. The summed E-state index contributed by atoms with van der Waals surface area (Å²) in [6, 6.07) is 5.30. The molecule has 0 bridgehead atoms. The Morgan fingerprint density at radius 2 is 1.90 bits per heavy atom. The quantitative estimate of drug-likeness (QED) is 0.706. The third-order valence-corrected chi connectivity index (χ3v) is 2.83. The van der Waals surface area contributed by atoms with E-state index in [0.717, 1.165) is 19.3 Å². The van der Waals surface area contributed by atoms with Crippen molar-refractivity contribution >= 4 is 5.91 Å². The van der Waals surface area contributed by atoms with Crippen molar-refractivity contribution in [3.05, 3.63) is 18.2 Å². The van der Waals surface area contributed by atoms with E-state index in [9.17, 15) is 4.79 Å². The predicted octanol–water partition coefficient (Wildman–Crippen LogP) is 2.39. The molecule has 1 amide bonds. The third-order valence-electron chi connectivity index (χ3n) is 2.83. The molecule has 5 nitrogen and oxygen atoms in total. The Hall–Kier alpha value is -1.91. The van der Waals surface area contributed by atoms with Gasteiger partial charge in [0, 0.05) is 6.54 Å². The van der Waals surface area contributed by atoms with Crippen molar-refractivity contribution in [1.29, 1.82) is 0 Å². The molecule has 0 saturated carbocycles. The Kier molecular flexibility index (Phi) is 7.32. The van der Waals surface area contributed by atoms with Crippen molar-refractivity contribution in [2.24, 2.45) is 0 Å². The van der Waals surface area contributed by atoms with Gasteiger partial charge in [0.2, 0.25) is 5.75 Å². The van der Waals surface area contributed by atoms with E-state index in [1.165, 1.54) is 7.11 Å². The van der Waals surface area contributed by atoms with E-state index < -0.39 is 0 Å². The summed E-state index contributed by atoms with van der Waals surface area (Å²) in [7, 11) is 3.09. The first-order valence-electron chi connectivity index (χ1n) is 6.83. The molecule has 0 aliphatic rings. The minimum atomic E-state index is -0.133. The Morgan fingerprint density at radius 3 is 2.55 bits per heavy atom. The largest absolute Gasteiger partial charge is 0.493 e. The van der Waals surface area contributed by atoms with Crippen molar-refractivity contribution in [2.75, 3.05) is 27.4 Å². The van der Waals surface area contributed by atoms with Gasteiger partial charge in [-0.05, 0) is 18.6 Å². The molecule has 0 unspecified atom stereocenters. The zero-order valence-corrected chi connectivity index (χ0v) is 12.4. The number of para-hydroxylation sites is 1. The van der Waals surface area contributed by atoms with Crippen LogP contribution >= 0.6 is 0 Å². The molecule has 1 rings (SSSR count). The second-order valence-corrected chi connectivity index (χ2v) is 4.34. The van der Waals surface area contributed by atoms with Crippen LogP contribution in [0.1, 0.15) is 26.2 Å². The van der Waals surface area contributed by atoms with Crippen LogP contribution in [0.3, 0.4) is 0 Å². The molecule has 112 valence electrons. The number of amides is 1. The zero-order chi connectivity index (χ0) is 14.8. The SMILES string of the molecule is CCCCCNC(=O)COc1cccc(OC)c1OC. The van der Waals surface area contributed by atoms with Crippen molar-refractivity contribution in [3.8, 4) is 17.2 Å². The molecule has 0 spiro atoms. The fraction of sp³-hybridized carbons (Fsp3) is 0.533. The minimum absolute atomic E-state index is 0.0321. The highest BCUT2D eigenvalue weighted by Crippen LogP contribution is 2.36. The average Bonchev–Trinajstić information content (AvgIpc) is 2.48. The smallest absolute Gasteiger partial charge is 0.257 e. The van der Waals surface area contributed by atoms with E-state index in [2.05, 4.69) is 12.2 Å². The number of rotatable bonds is 9. The van der Waals surface area contributed by atoms with Crippen LogP contribution < -0.4 is 19.5 Å². The van der Waals surface area contributed by atoms with Crippen LogP contribution in [-0.4, -0.2) is 33.3 Å². The Bertz CT molecular complexity index is 420. The molecule has 0 aliphatic heterocycles. The summed E-state index contributed by atoms with van der Waals surface area (Å²) in [4.78, 5) is 11.6. The van der Waals surface area contributed by atoms with Gasteiger partial charge in [-0.1, -0.05) is 25.8 Å². The Morgan fingerprint density at radius 1 is 1.15 bits per heavy atom. The van der Waals surface area contributed by atoms with E-state index >= 15 is 0 Å². The molecular formula is C15H23NO4. The molecule has 0 heterocycles. The second-order valence-electron chi connectivity index (χ2n) is 4.34. The van der Waals surface area contributed by atoms with E-state index in [1.54, 1.807) is 25.3 Å². The summed E-state index contributed by atoms with van der Waals surface area (Å²) in [5.41, 5.74) is 0. The lowest BCUT2D eigenvalue weighted by molar-refractivity contribution is -0.123. The van der Waals surface area contributed by atoms with Gasteiger partial charge >= 0.3 is 0 Å². The van der Waals surface area contributed by atoms with Gasteiger partial charge in [-0.2, -0.15) is 0 Å². The molecule has 0 aromatic heterocycles. The highest BCUT2D eigenvalue weighted by Gasteiger charge is 2.11. The maximum atomic E-state index is 11.6. The molecule has 1 aromatic carbocycles. The highest BCUT2D eigenvalue weighted by atomic mass is 16.5. The number of nitrogens with one attached hydrogen (secondary N) is 1.